The van der Waals surface area contributed by atoms with E-state index < -0.39 is 0 Å². The highest BCUT2D eigenvalue weighted by Crippen LogP contribution is 2.33. The Bertz CT molecular complexity index is 226. The SMILES string of the molecule is O=C(CCl)C1CNC2(CCCCC2)O1. The molecule has 1 atom stereocenters. The highest BCUT2D eigenvalue weighted by Gasteiger charge is 2.42. The van der Waals surface area contributed by atoms with Gasteiger partial charge in [-0.1, -0.05) is 6.42 Å². The van der Waals surface area contributed by atoms with Crippen molar-refractivity contribution in [2.24, 2.45) is 0 Å². The van der Waals surface area contributed by atoms with Gasteiger partial charge in [-0.2, -0.15) is 0 Å². The Hall–Kier alpha value is -0.120. The standard InChI is InChI=1S/C10H16ClNO2/c11-6-8(13)9-7-12-10(14-9)4-2-1-3-5-10/h9,12H,1-7H2. The fraction of sp³-hybridized carbons (Fsp3) is 0.900. The van der Waals surface area contributed by atoms with E-state index in [0.29, 0.717) is 6.54 Å². The van der Waals surface area contributed by atoms with Crippen LogP contribution in [0.5, 0.6) is 0 Å². The highest BCUT2D eigenvalue weighted by molar-refractivity contribution is 6.28. The largest absolute Gasteiger partial charge is 0.348 e. The lowest BCUT2D eigenvalue weighted by atomic mass is 9.92. The molecule has 1 spiro atoms. The van der Waals surface area contributed by atoms with Crippen LogP contribution in [0.2, 0.25) is 0 Å². The van der Waals surface area contributed by atoms with Gasteiger partial charge in [0.05, 0.1) is 5.88 Å². The molecule has 0 aromatic carbocycles. The van der Waals surface area contributed by atoms with Crippen LogP contribution in [-0.4, -0.2) is 30.0 Å². The number of nitrogens with one attached hydrogen (secondary N) is 1. The van der Waals surface area contributed by atoms with Gasteiger partial charge in [0.15, 0.2) is 5.78 Å². The number of halogens is 1. The van der Waals surface area contributed by atoms with Gasteiger partial charge in [-0.15, -0.1) is 11.6 Å². The van der Waals surface area contributed by atoms with Crippen molar-refractivity contribution >= 4 is 17.4 Å². The number of hydrogen-bond donors (Lipinski definition) is 1. The summed E-state index contributed by atoms with van der Waals surface area (Å²) in [4.78, 5) is 11.3. The third-order valence-electron chi connectivity index (χ3n) is 3.13. The second-order valence-electron chi connectivity index (χ2n) is 4.14. The molecule has 0 amide bonds. The summed E-state index contributed by atoms with van der Waals surface area (Å²) in [6.07, 6.45) is 5.40. The van der Waals surface area contributed by atoms with Gasteiger partial charge in [-0.3, -0.25) is 10.1 Å². The molecule has 2 aliphatic rings. The fourth-order valence-electron chi connectivity index (χ4n) is 2.32. The highest BCUT2D eigenvalue weighted by atomic mass is 35.5. The molecule has 4 heteroatoms. The normalized spacial score (nSPS) is 30.8. The molecule has 1 unspecified atom stereocenters. The predicted octanol–water partition coefficient (Wildman–Crippen LogP) is 1.44. The first-order valence-electron chi connectivity index (χ1n) is 5.27. The van der Waals surface area contributed by atoms with E-state index in [9.17, 15) is 4.79 Å². The zero-order valence-corrected chi connectivity index (χ0v) is 8.98. The summed E-state index contributed by atoms with van der Waals surface area (Å²) in [7, 11) is 0. The first kappa shape index (κ1) is 10.4. The van der Waals surface area contributed by atoms with Crippen molar-refractivity contribution in [3.63, 3.8) is 0 Å². The molecule has 0 aromatic heterocycles. The number of rotatable bonds is 2. The van der Waals surface area contributed by atoms with E-state index in [-0.39, 0.29) is 23.5 Å². The molecule has 1 N–H and O–H groups in total. The number of hydrogen-bond acceptors (Lipinski definition) is 3. The number of alkyl halides is 1. The van der Waals surface area contributed by atoms with Crippen molar-refractivity contribution in [3.05, 3.63) is 0 Å². The van der Waals surface area contributed by atoms with E-state index in [1.807, 2.05) is 0 Å². The molecule has 2 rings (SSSR count). The zero-order chi connectivity index (χ0) is 10.0. The van der Waals surface area contributed by atoms with Crippen LogP contribution in [0.25, 0.3) is 0 Å². The van der Waals surface area contributed by atoms with Crippen LogP contribution >= 0.6 is 11.6 Å². The smallest absolute Gasteiger partial charge is 0.177 e. The van der Waals surface area contributed by atoms with Crippen LogP contribution in [0.4, 0.5) is 0 Å². The molecule has 0 radical (unpaired) electrons. The van der Waals surface area contributed by atoms with E-state index in [0.717, 1.165) is 12.8 Å². The summed E-state index contributed by atoms with van der Waals surface area (Å²) in [5.41, 5.74) is -0.204. The van der Waals surface area contributed by atoms with Crippen molar-refractivity contribution in [1.82, 2.24) is 5.32 Å². The van der Waals surface area contributed by atoms with Gasteiger partial charge in [0, 0.05) is 6.54 Å². The number of carbonyl (C=O) groups is 1. The molecule has 3 nitrogen and oxygen atoms in total. The predicted molar refractivity (Wildman–Crippen MR) is 54.4 cm³/mol. The van der Waals surface area contributed by atoms with Gasteiger partial charge < -0.3 is 4.74 Å². The minimum absolute atomic E-state index is 0.00150. The molecule has 1 aliphatic carbocycles. The minimum atomic E-state index is -0.314. The van der Waals surface area contributed by atoms with Gasteiger partial charge in [-0.05, 0) is 25.7 Å². The molecule has 1 aliphatic heterocycles. The van der Waals surface area contributed by atoms with E-state index in [2.05, 4.69) is 5.32 Å². The fourth-order valence-corrected chi connectivity index (χ4v) is 2.49. The molecule has 14 heavy (non-hydrogen) atoms. The van der Waals surface area contributed by atoms with E-state index in [1.54, 1.807) is 0 Å². The van der Waals surface area contributed by atoms with Crippen molar-refractivity contribution in [2.75, 3.05) is 12.4 Å². The lowest BCUT2D eigenvalue weighted by molar-refractivity contribution is -0.135. The van der Waals surface area contributed by atoms with Crippen LogP contribution in [-0.2, 0) is 9.53 Å². The topological polar surface area (TPSA) is 38.3 Å². The van der Waals surface area contributed by atoms with E-state index in [4.69, 9.17) is 16.3 Å². The van der Waals surface area contributed by atoms with Crippen LogP contribution in [0.15, 0.2) is 0 Å². The monoisotopic (exact) mass is 217 g/mol. The Balaban J connectivity index is 1.95. The second-order valence-corrected chi connectivity index (χ2v) is 4.41. The van der Waals surface area contributed by atoms with Crippen molar-refractivity contribution < 1.29 is 9.53 Å². The van der Waals surface area contributed by atoms with Crippen molar-refractivity contribution in [3.8, 4) is 0 Å². The molecular weight excluding hydrogens is 202 g/mol. The maximum absolute atomic E-state index is 11.3. The Morgan fingerprint density at radius 3 is 2.79 bits per heavy atom. The average molecular weight is 218 g/mol. The summed E-state index contributed by atoms with van der Waals surface area (Å²) < 4.78 is 5.80. The third-order valence-corrected chi connectivity index (χ3v) is 3.39. The maximum Gasteiger partial charge on any atom is 0.177 e. The van der Waals surface area contributed by atoms with Crippen LogP contribution < -0.4 is 5.32 Å². The minimum Gasteiger partial charge on any atom is -0.348 e. The van der Waals surface area contributed by atoms with Gasteiger partial charge in [-0.25, -0.2) is 0 Å². The number of carbonyl (C=O) groups excluding carboxylic acids is 1. The van der Waals surface area contributed by atoms with E-state index >= 15 is 0 Å². The molecular formula is C10H16ClNO2. The van der Waals surface area contributed by atoms with Gasteiger partial charge >= 0.3 is 0 Å². The molecule has 0 aromatic rings. The Kier molecular flexibility index (Phi) is 3.10. The second kappa shape index (κ2) is 4.17. The van der Waals surface area contributed by atoms with Crippen LogP contribution in [0, 0.1) is 0 Å². The Morgan fingerprint density at radius 1 is 1.43 bits per heavy atom. The summed E-state index contributed by atoms with van der Waals surface area (Å²) in [6, 6.07) is 0. The number of ketones is 1. The molecule has 1 saturated heterocycles. The first-order valence-corrected chi connectivity index (χ1v) is 5.81. The quantitative estimate of drug-likeness (QED) is 0.712. The first-order chi connectivity index (χ1) is 6.76. The Labute approximate surface area is 89.1 Å². The Morgan fingerprint density at radius 2 is 2.14 bits per heavy atom. The van der Waals surface area contributed by atoms with Gasteiger partial charge in [0.1, 0.15) is 11.8 Å². The molecule has 80 valence electrons. The zero-order valence-electron chi connectivity index (χ0n) is 8.22. The third kappa shape index (κ3) is 1.95. The average Bonchev–Trinajstić information content (AvgIpc) is 2.62. The van der Waals surface area contributed by atoms with Crippen LogP contribution in [0.3, 0.4) is 0 Å². The lowest BCUT2D eigenvalue weighted by Crippen LogP contribution is -2.42. The number of ether oxygens (including phenoxy) is 1. The summed E-state index contributed by atoms with van der Waals surface area (Å²) in [5, 5.41) is 3.34. The maximum atomic E-state index is 11.3. The van der Waals surface area contributed by atoms with Crippen molar-refractivity contribution in [2.45, 2.75) is 43.9 Å². The molecule has 1 heterocycles. The van der Waals surface area contributed by atoms with E-state index in [1.165, 1.54) is 19.3 Å². The summed E-state index contributed by atoms with van der Waals surface area (Å²) in [6.45, 7) is 0.631. The van der Waals surface area contributed by atoms with Gasteiger partial charge in [0.25, 0.3) is 0 Å². The summed E-state index contributed by atoms with van der Waals surface area (Å²) >= 11 is 5.50. The van der Waals surface area contributed by atoms with Gasteiger partial charge in [0.2, 0.25) is 0 Å². The molecule has 0 bridgehead atoms. The number of Topliss-reactive ketones (excluding diaryl/α,β-unsaturated/α-hetero) is 1. The lowest BCUT2D eigenvalue weighted by Gasteiger charge is -2.32. The summed E-state index contributed by atoms with van der Waals surface area (Å²) in [5.74, 6) is 0.0595. The molecule has 1 saturated carbocycles. The van der Waals surface area contributed by atoms with Crippen LogP contribution in [0.1, 0.15) is 32.1 Å². The molecule has 2 fully saturated rings. The van der Waals surface area contributed by atoms with Crippen molar-refractivity contribution in [1.29, 1.82) is 0 Å².